The maximum atomic E-state index is 5.84. The number of nitrogens with two attached hydrogens (primary N) is 1. The van der Waals surface area contributed by atoms with Crippen molar-refractivity contribution in [2.45, 2.75) is 25.9 Å². The van der Waals surface area contributed by atoms with Gasteiger partial charge in [0.25, 0.3) is 5.89 Å². The molecule has 102 valence electrons. The second-order valence-electron chi connectivity index (χ2n) is 4.21. The molecular weight excluding hydrogens is 310 g/mol. The van der Waals surface area contributed by atoms with Crippen molar-refractivity contribution >= 4 is 21.6 Å². The summed E-state index contributed by atoms with van der Waals surface area (Å²) in [5.74, 6) is 1.02. The minimum Gasteiger partial charge on any atom is -0.398 e. The molecule has 0 fully saturated rings. The van der Waals surface area contributed by atoms with Crippen LogP contribution in [0.25, 0.3) is 11.5 Å². The van der Waals surface area contributed by atoms with Gasteiger partial charge in [0.2, 0.25) is 5.82 Å². The molecule has 1 aromatic carbocycles. The van der Waals surface area contributed by atoms with Crippen molar-refractivity contribution in [3.05, 3.63) is 28.5 Å². The van der Waals surface area contributed by atoms with Crippen molar-refractivity contribution in [1.29, 1.82) is 0 Å². The molecule has 2 rings (SSSR count). The van der Waals surface area contributed by atoms with Crippen LogP contribution < -0.4 is 5.73 Å². The van der Waals surface area contributed by atoms with Crippen molar-refractivity contribution in [2.24, 2.45) is 0 Å². The molecular formula is C13H16BrN3O2. The van der Waals surface area contributed by atoms with Crippen LogP contribution in [0.4, 0.5) is 5.69 Å². The molecule has 0 aliphatic rings. The van der Waals surface area contributed by atoms with Crippen molar-refractivity contribution in [3.8, 4) is 11.5 Å². The Morgan fingerprint density at radius 3 is 2.89 bits per heavy atom. The topological polar surface area (TPSA) is 74.2 Å². The van der Waals surface area contributed by atoms with Gasteiger partial charge in [-0.3, -0.25) is 0 Å². The maximum absolute atomic E-state index is 5.84. The number of halogens is 1. The summed E-state index contributed by atoms with van der Waals surface area (Å²) < 4.78 is 11.5. The molecule has 6 heteroatoms. The van der Waals surface area contributed by atoms with Gasteiger partial charge in [-0.15, -0.1) is 0 Å². The fraction of sp³-hybridized carbons (Fsp3) is 0.385. The molecule has 0 bridgehead atoms. The van der Waals surface area contributed by atoms with E-state index in [1.165, 1.54) is 0 Å². The van der Waals surface area contributed by atoms with E-state index in [4.69, 9.17) is 15.0 Å². The van der Waals surface area contributed by atoms with E-state index in [-0.39, 0.29) is 6.10 Å². The lowest BCUT2D eigenvalue weighted by Gasteiger charge is -2.08. The highest BCUT2D eigenvalue weighted by Gasteiger charge is 2.18. The summed E-state index contributed by atoms with van der Waals surface area (Å²) in [7, 11) is 1.65. The highest BCUT2D eigenvalue weighted by atomic mass is 79.9. The predicted molar refractivity (Wildman–Crippen MR) is 76.5 cm³/mol. The minimum atomic E-state index is -0.129. The van der Waals surface area contributed by atoms with Gasteiger partial charge in [-0.1, -0.05) is 18.5 Å². The number of methoxy groups -OCH3 is 1. The molecule has 2 N–H and O–H groups in total. The Balaban J connectivity index is 2.27. The first-order valence-electron chi connectivity index (χ1n) is 6.07. The second kappa shape index (κ2) is 6.16. The Morgan fingerprint density at radius 1 is 1.47 bits per heavy atom. The highest BCUT2D eigenvalue weighted by Crippen LogP contribution is 2.27. The van der Waals surface area contributed by atoms with Crippen LogP contribution in [0.15, 0.2) is 27.2 Å². The summed E-state index contributed by atoms with van der Waals surface area (Å²) in [6.45, 7) is 2.09. The number of aromatic nitrogens is 2. The van der Waals surface area contributed by atoms with Gasteiger partial charge in [0.05, 0.1) is 0 Å². The zero-order chi connectivity index (χ0) is 13.8. The lowest BCUT2D eigenvalue weighted by Crippen LogP contribution is -2.03. The van der Waals surface area contributed by atoms with E-state index in [9.17, 15) is 0 Å². The quantitative estimate of drug-likeness (QED) is 0.850. The van der Waals surface area contributed by atoms with Gasteiger partial charge < -0.3 is 15.0 Å². The average Bonchev–Trinajstić information content (AvgIpc) is 2.88. The number of ether oxygens (including phenoxy) is 1. The largest absolute Gasteiger partial charge is 0.398 e. The number of anilines is 1. The summed E-state index contributed by atoms with van der Waals surface area (Å²) in [4.78, 5) is 4.37. The molecule has 0 amide bonds. The van der Waals surface area contributed by atoms with Crippen molar-refractivity contribution in [2.75, 3.05) is 12.8 Å². The molecule has 1 atom stereocenters. The summed E-state index contributed by atoms with van der Waals surface area (Å²) in [5.41, 5.74) is 7.27. The summed E-state index contributed by atoms with van der Waals surface area (Å²) >= 11 is 3.35. The first kappa shape index (κ1) is 14.0. The van der Waals surface area contributed by atoms with E-state index < -0.39 is 0 Å². The van der Waals surface area contributed by atoms with Crippen molar-refractivity contribution in [1.82, 2.24) is 10.1 Å². The standard InChI is InChI=1S/C13H16BrN3O2/c1-3-4-11(18-2)12-16-13(19-17-12)8-5-6-9(14)10(15)7-8/h5-7,11H,3-4,15H2,1-2H3. The minimum absolute atomic E-state index is 0.129. The Hall–Kier alpha value is -1.40. The number of nitrogen functional groups attached to an aromatic ring is 1. The Labute approximate surface area is 120 Å². The number of rotatable bonds is 5. The first-order chi connectivity index (χ1) is 9.15. The van der Waals surface area contributed by atoms with Crippen molar-refractivity contribution < 1.29 is 9.26 Å². The molecule has 2 aromatic rings. The fourth-order valence-electron chi connectivity index (χ4n) is 1.77. The van der Waals surface area contributed by atoms with Crippen LogP contribution in [-0.4, -0.2) is 17.3 Å². The molecule has 19 heavy (non-hydrogen) atoms. The van der Waals surface area contributed by atoms with Crippen LogP contribution in [0, 0.1) is 0 Å². The van der Waals surface area contributed by atoms with Crippen LogP contribution in [0.2, 0.25) is 0 Å². The van der Waals surface area contributed by atoms with Crippen LogP contribution >= 0.6 is 15.9 Å². The second-order valence-corrected chi connectivity index (χ2v) is 5.06. The lowest BCUT2D eigenvalue weighted by atomic mass is 10.2. The smallest absolute Gasteiger partial charge is 0.258 e. The van der Waals surface area contributed by atoms with Gasteiger partial charge in [-0.25, -0.2) is 0 Å². The number of benzene rings is 1. The molecule has 1 heterocycles. The summed E-state index contributed by atoms with van der Waals surface area (Å²) in [6.07, 6.45) is 1.72. The lowest BCUT2D eigenvalue weighted by molar-refractivity contribution is 0.0854. The molecule has 1 aromatic heterocycles. The van der Waals surface area contributed by atoms with E-state index in [2.05, 4.69) is 33.0 Å². The van der Waals surface area contributed by atoms with Gasteiger partial charge >= 0.3 is 0 Å². The van der Waals surface area contributed by atoms with E-state index >= 15 is 0 Å². The fourth-order valence-corrected chi connectivity index (χ4v) is 2.02. The molecule has 0 aliphatic heterocycles. The molecule has 5 nitrogen and oxygen atoms in total. The number of hydrogen-bond donors (Lipinski definition) is 1. The van der Waals surface area contributed by atoms with E-state index in [1.807, 2.05) is 12.1 Å². The Bertz CT molecular complexity index is 557. The van der Waals surface area contributed by atoms with E-state index in [1.54, 1.807) is 13.2 Å². The van der Waals surface area contributed by atoms with Gasteiger partial charge in [0.1, 0.15) is 6.10 Å². The van der Waals surface area contributed by atoms with Crippen LogP contribution in [0.1, 0.15) is 31.7 Å². The maximum Gasteiger partial charge on any atom is 0.258 e. The Kier molecular flexibility index (Phi) is 4.55. The molecule has 1 unspecified atom stereocenters. The van der Waals surface area contributed by atoms with E-state index in [0.29, 0.717) is 17.4 Å². The van der Waals surface area contributed by atoms with Crippen LogP contribution in [-0.2, 0) is 4.74 Å². The van der Waals surface area contributed by atoms with Gasteiger partial charge in [-0.05, 0) is 40.5 Å². The SMILES string of the molecule is CCCC(OC)c1noc(-c2ccc(Br)c(N)c2)n1. The van der Waals surface area contributed by atoms with Crippen LogP contribution in [0.5, 0.6) is 0 Å². The summed E-state index contributed by atoms with van der Waals surface area (Å²) in [6, 6.07) is 5.52. The molecule has 0 radical (unpaired) electrons. The van der Waals surface area contributed by atoms with Crippen LogP contribution in [0.3, 0.4) is 0 Å². The van der Waals surface area contributed by atoms with Crippen molar-refractivity contribution in [3.63, 3.8) is 0 Å². The molecule has 0 saturated heterocycles. The van der Waals surface area contributed by atoms with Gasteiger partial charge in [0.15, 0.2) is 0 Å². The number of hydrogen-bond acceptors (Lipinski definition) is 5. The van der Waals surface area contributed by atoms with Gasteiger partial charge in [0, 0.05) is 22.8 Å². The average molecular weight is 326 g/mol. The third-order valence-electron chi connectivity index (χ3n) is 2.81. The predicted octanol–water partition coefficient (Wildman–Crippen LogP) is 3.57. The highest BCUT2D eigenvalue weighted by molar-refractivity contribution is 9.10. The first-order valence-corrected chi connectivity index (χ1v) is 6.86. The normalized spacial score (nSPS) is 12.6. The zero-order valence-corrected chi connectivity index (χ0v) is 12.5. The molecule has 0 spiro atoms. The monoisotopic (exact) mass is 325 g/mol. The zero-order valence-electron chi connectivity index (χ0n) is 10.9. The van der Waals surface area contributed by atoms with E-state index in [0.717, 1.165) is 22.9 Å². The van der Waals surface area contributed by atoms with Gasteiger partial charge in [-0.2, -0.15) is 4.98 Å². The molecule has 0 aliphatic carbocycles. The third-order valence-corrected chi connectivity index (χ3v) is 3.53. The molecule has 0 saturated carbocycles. The Morgan fingerprint density at radius 2 is 2.26 bits per heavy atom. The summed E-state index contributed by atoms with van der Waals surface area (Å²) in [5, 5.41) is 3.97. The number of nitrogens with zero attached hydrogens (tertiary/aromatic N) is 2. The third kappa shape index (κ3) is 3.13.